The van der Waals surface area contributed by atoms with Crippen LogP contribution in [0.1, 0.15) is 30.4 Å². The quantitative estimate of drug-likeness (QED) is 0.871. The molecular formula is C12H9Cl2F3O2. The fourth-order valence-corrected chi connectivity index (χ4v) is 2.74. The van der Waals surface area contributed by atoms with Crippen molar-refractivity contribution in [2.24, 2.45) is 0 Å². The lowest BCUT2D eigenvalue weighted by Crippen LogP contribution is -2.42. The van der Waals surface area contributed by atoms with Gasteiger partial charge in [-0.2, -0.15) is 13.2 Å². The Balaban J connectivity index is 2.63. The molecule has 0 spiro atoms. The summed E-state index contributed by atoms with van der Waals surface area (Å²) in [4.78, 5) is 11.3. The molecule has 2 rings (SSSR count). The summed E-state index contributed by atoms with van der Waals surface area (Å²) in [5.41, 5.74) is -2.38. The number of halogens is 5. The van der Waals surface area contributed by atoms with Crippen molar-refractivity contribution in [2.75, 3.05) is 0 Å². The molecule has 2 nitrogen and oxygen atoms in total. The molecule has 1 aliphatic carbocycles. The minimum atomic E-state index is -4.59. The van der Waals surface area contributed by atoms with E-state index in [9.17, 15) is 23.1 Å². The number of alkyl halides is 3. The van der Waals surface area contributed by atoms with E-state index in [0.717, 1.165) is 6.07 Å². The standard InChI is InChI=1S/C12H9Cl2F3O2/c13-8-5-6(12(15,16)17)4-7(9(8)14)11(10(18)19)2-1-3-11/h4-5H,1-3H2,(H,18,19). The van der Waals surface area contributed by atoms with Crippen LogP contribution >= 0.6 is 23.2 Å². The monoisotopic (exact) mass is 312 g/mol. The number of rotatable bonds is 2. The molecule has 1 aromatic carbocycles. The third kappa shape index (κ3) is 2.30. The number of aliphatic carboxylic acids is 1. The Morgan fingerprint density at radius 2 is 1.84 bits per heavy atom. The first-order valence-electron chi connectivity index (χ1n) is 5.48. The fraction of sp³-hybridized carbons (Fsp3) is 0.417. The molecule has 7 heteroatoms. The highest BCUT2D eigenvalue weighted by molar-refractivity contribution is 6.42. The molecule has 0 amide bonds. The molecule has 0 aromatic heterocycles. The first kappa shape index (κ1) is 14.5. The maximum atomic E-state index is 12.7. The Labute approximate surface area is 117 Å². The van der Waals surface area contributed by atoms with Crippen LogP contribution in [-0.4, -0.2) is 11.1 Å². The van der Waals surface area contributed by atoms with Crippen LogP contribution in [0.25, 0.3) is 0 Å². The minimum Gasteiger partial charge on any atom is -0.481 e. The summed E-state index contributed by atoms with van der Waals surface area (Å²) in [6, 6.07) is 1.50. The predicted molar refractivity (Wildman–Crippen MR) is 64.6 cm³/mol. The summed E-state index contributed by atoms with van der Waals surface area (Å²) >= 11 is 11.6. The van der Waals surface area contributed by atoms with Crippen molar-refractivity contribution in [3.63, 3.8) is 0 Å². The van der Waals surface area contributed by atoms with Crippen LogP contribution < -0.4 is 0 Å². The Kier molecular flexibility index (Phi) is 3.47. The third-order valence-corrected chi connectivity index (χ3v) is 4.29. The second kappa shape index (κ2) is 4.56. The van der Waals surface area contributed by atoms with Gasteiger partial charge >= 0.3 is 12.1 Å². The minimum absolute atomic E-state index is 0.0484. The maximum absolute atomic E-state index is 12.7. The smallest absolute Gasteiger partial charge is 0.416 e. The zero-order valence-electron chi connectivity index (χ0n) is 9.52. The SMILES string of the molecule is O=C(O)C1(c2cc(C(F)(F)F)cc(Cl)c2Cl)CCC1. The molecule has 1 aromatic rings. The molecule has 0 aliphatic heterocycles. The molecule has 0 atom stereocenters. The van der Waals surface area contributed by atoms with Crippen molar-refractivity contribution in [3.05, 3.63) is 33.3 Å². The van der Waals surface area contributed by atoms with E-state index in [-0.39, 0.29) is 28.5 Å². The van der Waals surface area contributed by atoms with Crippen LogP contribution in [0.15, 0.2) is 12.1 Å². The summed E-state index contributed by atoms with van der Waals surface area (Å²) in [5.74, 6) is -1.17. The fourth-order valence-electron chi connectivity index (χ4n) is 2.23. The van der Waals surface area contributed by atoms with Crippen molar-refractivity contribution in [1.82, 2.24) is 0 Å². The molecule has 19 heavy (non-hydrogen) atoms. The lowest BCUT2D eigenvalue weighted by atomic mass is 9.64. The van der Waals surface area contributed by atoms with Gasteiger partial charge in [0.05, 0.1) is 21.0 Å². The highest BCUT2D eigenvalue weighted by atomic mass is 35.5. The average Bonchev–Trinajstić information content (AvgIpc) is 2.20. The molecule has 0 heterocycles. The van der Waals surface area contributed by atoms with Crippen molar-refractivity contribution < 1.29 is 23.1 Å². The Morgan fingerprint density at radius 1 is 1.26 bits per heavy atom. The molecule has 0 bridgehead atoms. The van der Waals surface area contributed by atoms with Crippen molar-refractivity contribution in [3.8, 4) is 0 Å². The van der Waals surface area contributed by atoms with Gasteiger partial charge < -0.3 is 5.11 Å². The van der Waals surface area contributed by atoms with E-state index in [1.807, 2.05) is 0 Å². The van der Waals surface area contributed by atoms with Crippen LogP contribution in [0.4, 0.5) is 13.2 Å². The second-order valence-corrected chi connectivity index (χ2v) is 5.34. The molecule has 1 fully saturated rings. The van der Waals surface area contributed by atoms with Crippen LogP contribution in [-0.2, 0) is 16.4 Å². The zero-order chi connectivity index (χ0) is 14.4. The molecule has 1 N–H and O–H groups in total. The number of carbonyl (C=O) groups is 1. The van der Waals surface area contributed by atoms with Gasteiger partial charge in [-0.15, -0.1) is 0 Å². The maximum Gasteiger partial charge on any atom is 0.416 e. The van der Waals surface area contributed by atoms with E-state index in [1.54, 1.807) is 0 Å². The zero-order valence-corrected chi connectivity index (χ0v) is 11.0. The van der Waals surface area contributed by atoms with E-state index in [4.69, 9.17) is 23.2 Å². The van der Waals surface area contributed by atoms with E-state index >= 15 is 0 Å². The van der Waals surface area contributed by atoms with Crippen molar-refractivity contribution in [2.45, 2.75) is 30.9 Å². The van der Waals surface area contributed by atoms with E-state index in [0.29, 0.717) is 12.5 Å². The first-order chi connectivity index (χ1) is 8.68. The summed E-state index contributed by atoms with van der Waals surface area (Å²) in [7, 11) is 0. The number of carboxylic acids is 1. The average molecular weight is 313 g/mol. The van der Waals surface area contributed by atoms with E-state index in [1.165, 1.54) is 0 Å². The number of hydrogen-bond donors (Lipinski definition) is 1. The molecular weight excluding hydrogens is 304 g/mol. The van der Waals surface area contributed by atoms with E-state index < -0.39 is 23.1 Å². The summed E-state index contributed by atoms with van der Waals surface area (Å²) in [5, 5.41) is 8.87. The molecule has 1 saturated carbocycles. The molecule has 1 aliphatic rings. The normalized spacial score (nSPS) is 17.9. The predicted octanol–water partition coefficient (Wildman–Crippen LogP) is 4.52. The molecule has 104 valence electrons. The van der Waals surface area contributed by atoms with Gasteiger partial charge in [0.25, 0.3) is 0 Å². The van der Waals surface area contributed by atoms with Gasteiger partial charge in [0.15, 0.2) is 0 Å². The number of carboxylic acid groups (broad SMARTS) is 1. The summed E-state index contributed by atoms with van der Waals surface area (Å²) < 4.78 is 38.2. The van der Waals surface area contributed by atoms with Gasteiger partial charge in [-0.3, -0.25) is 4.79 Å². The lowest BCUT2D eigenvalue weighted by molar-refractivity contribution is -0.148. The van der Waals surface area contributed by atoms with Crippen molar-refractivity contribution >= 4 is 29.2 Å². The van der Waals surface area contributed by atoms with Gasteiger partial charge in [-0.25, -0.2) is 0 Å². The van der Waals surface area contributed by atoms with Gasteiger partial charge in [0.2, 0.25) is 0 Å². The molecule has 0 unspecified atom stereocenters. The summed E-state index contributed by atoms with van der Waals surface area (Å²) in [6.07, 6.45) is -3.43. The first-order valence-corrected chi connectivity index (χ1v) is 6.24. The summed E-state index contributed by atoms with van der Waals surface area (Å²) in [6.45, 7) is 0. The van der Waals surface area contributed by atoms with Gasteiger partial charge in [0, 0.05) is 0 Å². The largest absolute Gasteiger partial charge is 0.481 e. The van der Waals surface area contributed by atoms with Crippen LogP contribution in [0.5, 0.6) is 0 Å². The van der Waals surface area contributed by atoms with Gasteiger partial charge in [-0.05, 0) is 30.5 Å². The van der Waals surface area contributed by atoms with E-state index in [2.05, 4.69) is 0 Å². The van der Waals surface area contributed by atoms with Crippen LogP contribution in [0.2, 0.25) is 10.0 Å². The highest BCUT2D eigenvalue weighted by Gasteiger charge is 2.48. The molecule has 0 saturated heterocycles. The Morgan fingerprint density at radius 3 is 2.21 bits per heavy atom. The Hall–Kier alpha value is -0.940. The highest BCUT2D eigenvalue weighted by Crippen LogP contribution is 2.49. The topological polar surface area (TPSA) is 37.3 Å². The van der Waals surface area contributed by atoms with Crippen LogP contribution in [0, 0.1) is 0 Å². The number of benzene rings is 1. The molecule has 0 radical (unpaired) electrons. The lowest BCUT2D eigenvalue weighted by Gasteiger charge is -2.39. The van der Waals surface area contributed by atoms with Gasteiger partial charge in [0.1, 0.15) is 0 Å². The second-order valence-electron chi connectivity index (χ2n) is 4.56. The van der Waals surface area contributed by atoms with Crippen molar-refractivity contribution in [1.29, 1.82) is 0 Å². The van der Waals surface area contributed by atoms with Crippen LogP contribution in [0.3, 0.4) is 0 Å². The number of hydrogen-bond acceptors (Lipinski definition) is 1. The van der Waals surface area contributed by atoms with Gasteiger partial charge in [-0.1, -0.05) is 29.6 Å². The third-order valence-electron chi connectivity index (χ3n) is 3.49. The Bertz CT molecular complexity index is 537.